The Morgan fingerprint density at radius 1 is 1.19 bits per heavy atom. The summed E-state index contributed by atoms with van der Waals surface area (Å²) in [6.07, 6.45) is 4.93. The van der Waals surface area contributed by atoms with Crippen LogP contribution in [0.2, 0.25) is 5.02 Å². The Labute approximate surface area is 130 Å². The number of hydrogen-bond acceptors (Lipinski definition) is 2. The molecule has 3 N–H and O–H groups in total. The number of para-hydroxylation sites is 1. The Morgan fingerprint density at radius 2 is 1.95 bits per heavy atom. The second-order valence-electron chi connectivity index (χ2n) is 6.08. The lowest BCUT2D eigenvalue weighted by Gasteiger charge is -2.30. The van der Waals surface area contributed by atoms with E-state index in [0.717, 1.165) is 41.1 Å². The van der Waals surface area contributed by atoms with Gasteiger partial charge in [0, 0.05) is 29.7 Å². The summed E-state index contributed by atoms with van der Waals surface area (Å²) in [4.78, 5) is 3.38. The van der Waals surface area contributed by atoms with Crippen LogP contribution in [0, 0.1) is 11.8 Å². The van der Waals surface area contributed by atoms with Gasteiger partial charge in [-0.3, -0.25) is 0 Å². The maximum atomic E-state index is 9.46. The van der Waals surface area contributed by atoms with Crippen LogP contribution in [0.4, 0.5) is 0 Å². The van der Waals surface area contributed by atoms with E-state index >= 15 is 0 Å². The molecule has 3 rings (SSSR count). The second-order valence-corrected chi connectivity index (χ2v) is 6.46. The average molecular weight is 307 g/mol. The van der Waals surface area contributed by atoms with Crippen molar-refractivity contribution in [2.45, 2.75) is 32.2 Å². The molecule has 3 nitrogen and oxygen atoms in total. The topological polar surface area (TPSA) is 48.0 Å². The van der Waals surface area contributed by atoms with Gasteiger partial charge >= 0.3 is 0 Å². The minimum absolute atomic E-state index is 0.319. The van der Waals surface area contributed by atoms with Gasteiger partial charge in [0.2, 0.25) is 0 Å². The number of aromatic amines is 1. The molecule has 1 aromatic heterocycles. The van der Waals surface area contributed by atoms with Gasteiger partial charge in [0.05, 0.1) is 5.02 Å². The number of nitrogens with one attached hydrogen (secondary N) is 2. The van der Waals surface area contributed by atoms with Gasteiger partial charge in [-0.25, -0.2) is 0 Å². The van der Waals surface area contributed by atoms with Crippen LogP contribution in [0.5, 0.6) is 0 Å². The normalized spacial score (nSPS) is 22.8. The lowest BCUT2D eigenvalue weighted by atomic mass is 9.79. The van der Waals surface area contributed by atoms with Crippen LogP contribution in [0.15, 0.2) is 24.3 Å². The summed E-state index contributed by atoms with van der Waals surface area (Å²) >= 11 is 6.42. The quantitative estimate of drug-likeness (QED) is 0.788. The number of H-pyrrole nitrogens is 1. The SMILES string of the molecule is OCC1CCCCC1CNCc1[nH]c2ccccc2c1Cl. The monoisotopic (exact) mass is 306 g/mol. The smallest absolute Gasteiger partial charge is 0.0705 e. The Bertz CT molecular complexity index is 595. The van der Waals surface area contributed by atoms with E-state index in [9.17, 15) is 5.11 Å². The standard InChI is InChI=1S/C17H23ClN2O/c18-17-14-7-3-4-8-15(14)20-16(17)10-19-9-12-5-1-2-6-13(12)11-21/h3-4,7-8,12-13,19-21H,1-2,5-6,9-11H2. The fraction of sp³-hybridized carbons (Fsp3) is 0.529. The molecule has 1 fully saturated rings. The highest BCUT2D eigenvalue weighted by Crippen LogP contribution is 2.30. The number of benzene rings is 1. The predicted octanol–water partition coefficient (Wildman–Crippen LogP) is 3.71. The first-order chi connectivity index (χ1) is 10.3. The Balaban J connectivity index is 1.60. The van der Waals surface area contributed by atoms with Crippen molar-refractivity contribution >= 4 is 22.5 Å². The summed E-state index contributed by atoms with van der Waals surface area (Å²) in [6.45, 7) is 2.03. The van der Waals surface area contributed by atoms with E-state index < -0.39 is 0 Å². The number of halogens is 1. The number of aromatic nitrogens is 1. The van der Waals surface area contributed by atoms with Crippen molar-refractivity contribution in [3.63, 3.8) is 0 Å². The van der Waals surface area contributed by atoms with Gasteiger partial charge in [0.1, 0.15) is 0 Å². The summed E-state index contributed by atoms with van der Waals surface area (Å²) in [7, 11) is 0. The zero-order valence-corrected chi connectivity index (χ0v) is 13.0. The van der Waals surface area contributed by atoms with E-state index in [1.165, 1.54) is 19.3 Å². The van der Waals surface area contributed by atoms with Crippen molar-refractivity contribution in [3.8, 4) is 0 Å². The molecule has 4 heteroatoms. The Hall–Kier alpha value is -1.03. The molecule has 1 aliphatic rings. The highest BCUT2D eigenvalue weighted by Gasteiger charge is 2.24. The van der Waals surface area contributed by atoms with Crippen LogP contribution in [0.3, 0.4) is 0 Å². The van der Waals surface area contributed by atoms with Crippen LogP contribution >= 0.6 is 11.6 Å². The van der Waals surface area contributed by atoms with E-state index in [-0.39, 0.29) is 0 Å². The van der Waals surface area contributed by atoms with Crippen molar-refractivity contribution in [2.75, 3.05) is 13.2 Å². The maximum Gasteiger partial charge on any atom is 0.0705 e. The number of aliphatic hydroxyl groups excluding tert-OH is 1. The van der Waals surface area contributed by atoms with Gasteiger partial charge in [0.25, 0.3) is 0 Å². The molecule has 1 saturated carbocycles. The van der Waals surface area contributed by atoms with Crippen LogP contribution in [-0.2, 0) is 6.54 Å². The summed E-state index contributed by atoms with van der Waals surface area (Å²) in [5.74, 6) is 1.05. The highest BCUT2D eigenvalue weighted by molar-refractivity contribution is 6.36. The number of fused-ring (bicyclic) bond motifs is 1. The molecular formula is C17H23ClN2O. The van der Waals surface area contributed by atoms with Gasteiger partial charge < -0.3 is 15.4 Å². The molecule has 2 unspecified atom stereocenters. The molecule has 1 aliphatic carbocycles. The number of rotatable bonds is 5. The van der Waals surface area contributed by atoms with Crippen molar-refractivity contribution < 1.29 is 5.11 Å². The van der Waals surface area contributed by atoms with E-state index in [2.05, 4.69) is 10.3 Å². The molecule has 114 valence electrons. The van der Waals surface area contributed by atoms with Crippen molar-refractivity contribution in [3.05, 3.63) is 35.0 Å². The van der Waals surface area contributed by atoms with Crippen LogP contribution in [0.25, 0.3) is 10.9 Å². The third-order valence-corrected chi connectivity index (χ3v) is 5.16. The van der Waals surface area contributed by atoms with Crippen molar-refractivity contribution in [2.24, 2.45) is 11.8 Å². The maximum absolute atomic E-state index is 9.46. The molecule has 1 aromatic carbocycles. The first kappa shape index (κ1) is 14.9. The molecule has 0 radical (unpaired) electrons. The van der Waals surface area contributed by atoms with E-state index in [0.29, 0.717) is 18.4 Å². The number of aliphatic hydroxyl groups is 1. The fourth-order valence-electron chi connectivity index (χ4n) is 3.46. The number of hydrogen-bond donors (Lipinski definition) is 3. The summed E-state index contributed by atoms with van der Waals surface area (Å²) in [5, 5.41) is 14.9. The fourth-order valence-corrected chi connectivity index (χ4v) is 3.74. The van der Waals surface area contributed by atoms with Crippen LogP contribution in [-0.4, -0.2) is 23.2 Å². The van der Waals surface area contributed by atoms with Crippen molar-refractivity contribution in [1.82, 2.24) is 10.3 Å². The first-order valence-electron chi connectivity index (χ1n) is 7.86. The van der Waals surface area contributed by atoms with E-state index in [1.54, 1.807) is 0 Å². The first-order valence-corrected chi connectivity index (χ1v) is 8.24. The third-order valence-electron chi connectivity index (χ3n) is 4.72. The molecular weight excluding hydrogens is 284 g/mol. The lowest BCUT2D eigenvalue weighted by molar-refractivity contribution is 0.133. The van der Waals surface area contributed by atoms with Gasteiger partial charge in [-0.05, 0) is 37.3 Å². The lowest BCUT2D eigenvalue weighted by Crippen LogP contribution is -2.32. The molecule has 2 aromatic rings. The minimum Gasteiger partial charge on any atom is -0.396 e. The summed E-state index contributed by atoms with van der Waals surface area (Å²) in [6, 6.07) is 8.11. The van der Waals surface area contributed by atoms with E-state index in [1.807, 2.05) is 24.3 Å². The average Bonchev–Trinajstić information content (AvgIpc) is 2.85. The van der Waals surface area contributed by atoms with Gasteiger partial charge in [-0.15, -0.1) is 0 Å². The van der Waals surface area contributed by atoms with Crippen LogP contribution < -0.4 is 5.32 Å². The summed E-state index contributed by atoms with van der Waals surface area (Å²) in [5.41, 5.74) is 2.14. The largest absolute Gasteiger partial charge is 0.396 e. The molecule has 21 heavy (non-hydrogen) atoms. The summed E-state index contributed by atoms with van der Waals surface area (Å²) < 4.78 is 0. The molecule has 1 heterocycles. The molecule has 0 amide bonds. The highest BCUT2D eigenvalue weighted by atomic mass is 35.5. The molecule has 0 saturated heterocycles. The molecule has 0 aliphatic heterocycles. The Morgan fingerprint density at radius 3 is 2.71 bits per heavy atom. The Kier molecular flexibility index (Phi) is 4.84. The molecule has 0 bridgehead atoms. The van der Waals surface area contributed by atoms with E-state index in [4.69, 9.17) is 11.6 Å². The van der Waals surface area contributed by atoms with Crippen LogP contribution in [0.1, 0.15) is 31.4 Å². The zero-order valence-electron chi connectivity index (χ0n) is 12.2. The van der Waals surface area contributed by atoms with Gasteiger partial charge in [-0.2, -0.15) is 0 Å². The zero-order chi connectivity index (χ0) is 14.7. The third kappa shape index (κ3) is 3.25. The predicted molar refractivity (Wildman–Crippen MR) is 87.5 cm³/mol. The minimum atomic E-state index is 0.319. The van der Waals surface area contributed by atoms with Crippen molar-refractivity contribution in [1.29, 1.82) is 0 Å². The van der Waals surface area contributed by atoms with Gasteiger partial charge in [0.15, 0.2) is 0 Å². The second kappa shape index (κ2) is 6.82. The molecule has 2 atom stereocenters. The van der Waals surface area contributed by atoms with Gasteiger partial charge in [-0.1, -0.05) is 42.6 Å². The molecule has 0 spiro atoms.